The minimum Gasteiger partial charge on any atom is -0.438 e. The van der Waals surface area contributed by atoms with Gasteiger partial charge in [0.2, 0.25) is 5.88 Å². The van der Waals surface area contributed by atoms with Gasteiger partial charge in [-0.25, -0.2) is 9.97 Å². The molecular formula is C15H15N3OS. The highest BCUT2D eigenvalue weighted by Crippen LogP contribution is 2.35. The number of benzene rings is 1. The summed E-state index contributed by atoms with van der Waals surface area (Å²) in [6.07, 6.45) is 1.54. The summed E-state index contributed by atoms with van der Waals surface area (Å²) < 4.78 is 5.92. The number of ether oxygens (including phenoxy) is 1. The molecule has 0 bridgehead atoms. The van der Waals surface area contributed by atoms with E-state index in [1.54, 1.807) is 11.3 Å². The number of anilines is 1. The summed E-state index contributed by atoms with van der Waals surface area (Å²) in [6.45, 7) is 6.11. The first-order valence-corrected chi connectivity index (χ1v) is 7.12. The van der Waals surface area contributed by atoms with Crippen LogP contribution in [0.4, 0.5) is 5.69 Å². The van der Waals surface area contributed by atoms with Crippen LogP contribution >= 0.6 is 11.3 Å². The molecule has 0 radical (unpaired) electrons. The van der Waals surface area contributed by atoms with E-state index in [0.717, 1.165) is 27.2 Å². The van der Waals surface area contributed by atoms with Gasteiger partial charge in [0, 0.05) is 10.6 Å². The molecule has 0 atom stereocenters. The molecule has 0 spiro atoms. The Hall–Kier alpha value is -2.14. The summed E-state index contributed by atoms with van der Waals surface area (Å²) in [5.41, 5.74) is 8.74. The molecule has 2 aromatic heterocycles. The van der Waals surface area contributed by atoms with Gasteiger partial charge in [-0.15, -0.1) is 11.3 Å². The number of aromatic nitrogens is 2. The molecule has 0 saturated carbocycles. The Labute approximate surface area is 121 Å². The molecule has 2 N–H and O–H groups in total. The monoisotopic (exact) mass is 285 g/mol. The molecule has 5 heteroatoms. The van der Waals surface area contributed by atoms with Crippen LogP contribution in [0, 0.1) is 20.8 Å². The van der Waals surface area contributed by atoms with Gasteiger partial charge in [0.05, 0.1) is 5.39 Å². The quantitative estimate of drug-likeness (QED) is 0.723. The fraction of sp³-hybridized carbons (Fsp3) is 0.200. The van der Waals surface area contributed by atoms with Crippen molar-refractivity contribution in [3.8, 4) is 11.6 Å². The SMILES string of the molecule is Cc1cc(Oc2ncnc3sc(C)c(C)c23)ccc1N. The lowest BCUT2D eigenvalue weighted by Crippen LogP contribution is -1.93. The standard InChI is InChI=1S/C15H15N3OS/c1-8-6-11(4-5-12(8)16)19-14-13-9(2)10(3)20-15(13)18-7-17-14/h4-7H,16H2,1-3H3. The van der Waals surface area contributed by atoms with E-state index in [2.05, 4.69) is 23.8 Å². The zero-order valence-electron chi connectivity index (χ0n) is 11.6. The van der Waals surface area contributed by atoms with Gasteiger partial charge in [0.15, 0.2) is 0 Å². The van der Waals surface area contributed by atoms with Gasteiger partial charge in [-0.2, -0.15) is 0 Å². The zero-order valence-corrected chi connectivity index (χ0v) is 12.4. The minimum atomic E-state index is 0.598. The molecule has 0 fully saturated rings. The van der Waals surface area contributed by atoms with Crippen LogP contribution in [-0.4, -0.2) is 9.97 Å². The van der Waals surface area contributed by atoms with Gasteiger partial charge in [-0.1, -0.05) is 0 Å². The molecular weight excluding hydrogens is 270 g/mol. The van der Waals surface area contributed by atoms with Gasteiger partial charge >= 0.3 is 0 Å². The van der Waals surface area contributed by atoms with E-state index in [1.807, 2.05) is 25.1 Å². The summed E-state index contributed by atoms with van der Waals surface area (Å²) in [5.74, 6) is 1.33. The van der Waals surface area contributed by atoms with Crippen molar-refractivity contribution in [3.05, 3.63) is 40.5 Å². The maximum Gasteiger partial charge on any atom is 0.231 e. The van der Waals surface area contributed by atoms with Crippen molar-refractivity contribution in [2.75, 3.05) is 5.73 Å². The number of hydrogen-bond donors (Lipinski definition) is 1. The number of fused-ring (bicyclic) bond motifs is 1. The van der Waals surface area contributed by atoms with Gasteiger partial charge < -0.3 is 10.5 Å². The Balaban J connectivity index is 2.08. The van der Waals surface area contributed by atoms with Crippen LogP contribution < -0.4 is 10.5 Å². The molecule has 3 rings (SSSR count). The predicted molar refractivity (Wildman–Crippen MR) is 82.6 cm³/mol. The van der Waals surface area contributed by atoms with E-state index in [4.69, 9.17) is 10.5 Å². The van der Waals surface area contributed by atoms with Crippen molar-refractivity contribution >= 4 is 27.2 Å². The summed E-state index contributed by atoms with van der Waals surface area (Å²) in [4.78, 5) is 10.8. The Morgan fingerprint density at radius 1 is 1.15 bits per heavy atom. The van der Waals surface area contributed by atoms with E-state index in [0.29, 0.717) is 5.88 Å². The van der Waals surface area contributed by atoms with Crippen molar-refractivity contribution in [1.82, 2.24) is 9.97 Å². The minimum absolute atomic E-state index is 0.598. The second-order valence-electron chi connectivity index (χ2n) is 4.76. The lowest BCUT2D eigenvalue weighted by atomic mass is 10.2. The normalized spacial score (nSPS) is 10.9. The van der Waals surface area contributed by atoms with Crippen LogP contribution in [-0.2, 0) is 0 Å². The van der Waals surface area contributed by atoms with E-state index in [9.17, 15) is 0 Å². The average Bonchev–Trinajstić information content (AvgIpc) is 2.71. The number of nitrogens with two attached hydrogens (primary N) is 1. The van der Waals surface area contributed by atoms with E-state index in [-0.39, 0.29) is 0 Å². The maximum absolute atomic E-state index is 5.92. The molecule has 0 unspecified atom stereocenters. The highest BCUT2D eigenvalue weighted by molar-refractivity contribution is 7.18. The molecule has 0 saturated heterocycles. The topological polar surface area (TPSA) is 61.0 Å². The molecule has 4 nitrogen and oxygen atoms in total. The first kappa shape index (κ1) is 12.9. The summed E-state index contributed by atoms with van der Waals surface area (Å²) in [5, 5.41) is 0.990. The highest BCUT2D eigenvalue weighted by Gasteiger charge is 2.13. The number of nitrogen functional groups attached to an aromatic ring is 1. The molecule has 2 heterocycles. The number of aryl methyl sites for hydroxylation is 3. The van der Waals surface area contributed by atoms with E-state index < -0.39 is 0 Å². The molecule has 0 aliphatic heterocycles. The molecule has 0 aliphatic rings. The van der Waals surface area contributed by atoms with E-state index >= 15 is 0 Å². The fourth-order valence-corrected chi connectivity index (χ4v) is 3.04. The smallest absolute Gasteiger partial charge is 0.231 e. The van der Waals surface area contributed by atoms with Gasteiger partial charge in [0.1, 0.15) is 16.9 Å². The second kappa shape index (κ2) is 4.76. The van der Waals surface area contributed by atoms with Crippen LogP contribution in [0.1, 0.15) is 16.0 Å². The molecule has 1 aromatic carbocycles. The Bertz CT molecular complexity index is 795. The average molecular weight is 285 g/mol. The molecule has 3 aromatic rings. The number of thiophene rings is 1. The van der Waals surface area contributed by atoms with Gasteiger partial charge in [0.25, 0.3) is 0 Å². The van der Waals surface area contributed by atoms with Crippen LogP contribution in [0.2, 0.25) is 0 Å². The second-order valence-corrected chi connectivity index (χ2v) is 5.97. The number of nitrogens with zero attached hydrogens (tertiary/aromatic N) is 2. The maximum atomic E-state index is 5.92. The lowest BCUT2D eigenvalue weighted by Gasteiger charge is -2.08. The first-order valence-electron chi connectivity index (χ1n) is 6.31. The molecule has 0 amide bonds. The summed E-state index contributed by atoms with van der Waals surface area (Å²) in [6, 6.07) is 5.61. The van der Waals surface area contributed by atoms with Crippen molar-refractivity contribution in [1.29, 1.82) is 0 Å². The zero-order chi connectivity index (χ0) is 14.3. The van der Waals surface area contributed by atoms with Crippen molar-refractivity contribution < 1.29 is 4.74 Å². The fourth-order valence-electron chi connectivity index (χ4n) is 2.05. The highest BCUT2D eigenvalue weighted by atomic mass is 32.1. The molecule has 102 valence electrons. The summed E-state index contributed by atoms with van der Waals surface area (Å²) >= 11 is 1.66. The lowest BCUT2D eigenvalue weighted by molar-refractivity contribution is 0.468. The van der Waals surface area contributed by atoms with Gasteiger partial charge in [-0.3, -0.25) is 0 Å². The Morgan fingerprint density at radius 2 is 1.95 bits per heavy atom. The molecule has 20 heavy (non-hydrogen) atoms. The third-order valence-electron chi connectivity index (χ3n) is 3.39. The predicted octanol–water partition coefficient (Wildman–Crippen LogP) is 3.99. The van der Waals surface area contributed by atoms with Crippen molar-refractivity contribution in [2.24, 2.45) is 0 Å². The third kappa shape index (κ3) is 2.10. The third-order valence-corrected chi connectivity index (χ3v) is 4.50. The van der Waals surface area contributed by atoms with Crippen molar-refractivity contribution in [2.45, 2.75) is 20.8 Å². The first-order chi connectivity index (χ1) is 9.56. The number of rotatable bonds is 2. The van der Waals surface area contributed by atoms with Gasteiger partial charge in [-0.05, 0) is 50.1 Å². The van der Waals surface area contributed by atoms with Crippen LogP contribution in [0.25, 0.3) is 10.2 Å². The van der Waals surface area contributed by atoms with E-state index in [1.165, 1.54) is 16.8 Å². The van der Waals surface area contributed by atoms with Crippen molar-refractivity contribution in [3.63, 3.8) is 0 Å². The largest absolute Gasteiger partial charge is 0.438 e. The van der Waals surface area contributed by atoms with Crippen LogP contribution in [0.5, 0.6) is 11.6 Å². The van der Waals surface area contributed by atoms with Crippen LogP contribution in [0.15, 0.2) is 24.5 Å². The number of hydrogen-bond acceptors (Lipinski definition) is 5. The Kier molecular flexibility index (Phi) is 3.06. The summed E-state index contributed by atoms with van der Waals surface area (Å²) in [7, 11) is 0. The van der Waals surface area contributed by atoms with Crippen LogP contribution in [0.3, 0.4) is 0 Å². The molecule has 0 aliphatic carbocycles. The Morgan fingerprint density at radius 3 is 2.70 bits per heavy atom.